The summed E-state index contributed by atoms with van der Waals surface area (Å²) >= 11 is 0. The standard InChI is InChI=1S/C15H24O3/c1-3-4-5-6-7-9-12(2)18-14-11-8-10-13(16)15(14)17/h8,10-12,16-17H,3-7,9H2,1-2H3. The van der Waals surface area contributed by atoms with Gasteiger partial charge < -0.3 is 14.9 Å². The Kier molecular flexibility index (Phi) is 6.40. The van der Waals surface area contributed by atoms with Gasteiger partial charge in [-0.2, -0.15) is 0 Å². The Morgan fingerprint density at radius 2 is 1.83 bits per heavy atom. The van der Waals surface area contributed by atoms with E-state index in [9.17, 15) is 10.2 Å². The third kappa shape index (κ3) is 4.86. The van der Waals surface area contributed by atoms with Gasteiger partial charge in [-0.05, 0) is 31.9 Å². The lowest BCUT2D eigenvalue weighted by Gasteiger charge is -2.15. The van der Waals surface area contributed by atoms with Crippen LogP contribution in [0, 0.1) is 0 Å². The van der Waals surface area contributed by atoms with E-state index in [1.807, 2.05) is 6.92 Å². The Bertz CT molecular complexity index is 350. The van der Waals surface area contributed by atoms with Gasteiger partial charge in [-0.1, -0.05) is 38.7 Å². The van der Waals surface area contributed by atoms with Gasteiger partial charge >= 0.3 is 0 Å². The van der Waals surface area contributed by atoms with E-state index in [2.05, 4.69) is 6.92 Å². The van der Waals surface area contributed by atoms with Gasteiger partial charge in [0.25, 0.3) is 0 Å². The van der Waals surface area contributed by atoms with Crippen LogP contribution in [0.2, 0.25) is 0 Å². The minimum absolute atomic E-state index is 0.0549. The summed E-state index contributed by atoms with van der Waals surface area (Å²) < 4.78 is 5.62. The number of ether oxygens (including phenoxy) is 1. The minimum Gasteiger partial charge on any atom is -0.504 e. The van der Waals surface area contributed by atoms with Gasteiger partial charge in [0.15, 0.2) is 11.5 Å². The zero-order chi connectivity index (χ0) is 13.4. The Balaban J connectivity index is 2.31. The molecular formula is C15H24O3. The molecule has 0 saturated carbocycles. The maximum atomic E-state index is 9.61. The summed E-state index contributed by atoms with van der Waals surface area (Å²) in [6.45, 7) is 4.19. The van der Waals surface area contributed by atoms with Crippen molar-refractivity contribution in [3.8, 4) is 17.2 Å². The summed E-state index contributed by atoms with van der Waals surface area (Å²) in [6, 6.07) is 4.78. The van der Waals surface area contributed by atoms with Crippen LogP contribution in [0.15, 0.2) is 18.2 Å². The van der Waals surface area contributed by atoms with Crippen LogP contribution in [0.4, 0.5) is 0 Å². The zero-order valence-electron chi connectivity index (χ0n) is 11.4. The van der Waals surface area contributed by atoms with Crippen molar-refractivity contribution >= 4 is 0 Å². The van der Waals surface area contributed by atoms with Crippen LogP contribution in [0.1, 0.15) is 52.4 Å². The van der Waals surface area contributed by atoms with Gasteiger partial charge in [0.2, 0.25) is 5.75 Å². The van der Waals surface area contributed by atoms with Gasteiger partial charge in [0.05, 0.1) is 6.10 Å². The molecule has 3 nitrogen and oxygen atoms in total. The molecule has 2 N–H and O–H groups in total. The largest absolute Gasteiger partial charge is 0.504 e. The van der Waals surface area contributed by atoms with Gasteiger partial charge in [-0.15, -0.1) is 0 Å². The second kappa shape index (κ2) is 7.85. The average molecular weight is 252 g/mol. The van der Waals surface area contributed by atoms with E-state index in [4.69, 9.17) is 4.74 Å². The number of phenols is 2. The molecule has 1 atom stereocenters. The van der Waals surface area contributed by atoms with Crippen molar-refractivity contribution in [2.45, 2.75) is 58.5 Å². The second-order valence-electron chi connectivity index (χ2n) is 4.76. The van der Waals surface area contributed by atoms with Crippen molar-refractivity contribution in [1.29, 1.82) is 0 Å². The molecule has 102 valence electrons. The smallest absolute Gasteiger partial charge is 0.200 e. The van der Waals surface area contributed by atoms with Crippen molar-refractivity contribution < 1.29 is 14.9 Å². The number of phenolic OH excluding ortho intramolecular Hbond substituents is 2. The van der Waals surface area contributed by atoms with Gasteiger partial charge in [0.1, 0.15) is 0 Å². The molecule has 0 amide bonds. The zero-order valence-corrected chi connectivity index (χ0v) is 11.4. The summed E-state index contributed by atoms with van der Waals surface area (Å²) in [6.07, 6.45) is 7.22. The molecule has 0 aromatic heterocycles. The molecular weight excluding hydrogens is 228 g/mol. The number of rotatable bonds is 8. The predicted octanol–water partition coefficient (Wildman–Crippen LogP) is 4.23. The first-order chi connectivity index (χ1) is 8.65. The first kappa shape index (κ1) is 14.7. The maximum absolute atomic E-state index is 9.61. The first-order valence-corrected chi connectivity index (χ1v) is 6.82. The van der Waals surface area contributed by atoms with E-state index in [1.54, 1.807) is 12.1 Å². The van der Waals surface area contributed by atoms with Crippen LogP contribution >= 0.6 is 0 Å². The van der Waals surface area contributed by atoms with Crippen LogP contribution in [0.3, 0.4) is 0 Å². The molecule has 1 aromatic rings. The summed E-state index contributed by atoms with van der Waals surface area (Å²) in [4.78, 5) is 0. The highest BCUT2D eigenvalue weighted by Gasteiger charge is 2.10. The monoisotopic (exact) mass is 252 g/mol. The minimum atomic E-state index is -0.171. The predicted molar refractivity (Wildman–Crippen MR) is 73.2 cm³/mol. The molecule has 0 bridgehead atoms. The maximum Gasteiger partial charge on any atom is 0.200 e. The van der Waals surface area contributed by atoms with E-state index in [1.165, 1.54) is 31.7 Å². The Labute approximate surface area is 109 Å². The molecule has 1 unspecified atom stereocenters. The highest BCUT2D eigenvalue weighted by atomic mass is 16.5. The average Bonchev–Trinajstić information content (AvgIpc) is 2.35. The van der Waals surface area contributed by atoms with Crippen LogP contribution in [-0.4, -0.2) is 16.3 Å². The topological polar surface area (TPSA) is 49.7 Å². The number of hydrogen-bond donors (Lipinski definition) is 2. The fraction of sp³-hybridized carbons (Fsp3) is 0.600. The molecule has 0 aliphatic rings. The van der Waals surface area contributed by atoms with Crippen molar-refractivity contribution in [1.82, 2.24) is 0 Å². The number of benzene rings is 1. The van der Waals surface area contributed by atoms with E-state index >= 15 is 0 Å². The molecule has 0 radical (unpaired) electrons. The van der Waals surface area contributed by atoms with Crippen LogP contribution in [0.25, 0.3) is 0 Å². The number of aromatic hydroxyl groups is 2. The number of hydrogen-bond acceptors (Lipinski definition) is 3. The lowest BCUT2D eigenvalue weighted by atomic mass is 10.1. The van der Waals surface area contributed by atoms with E-state index in [0.29, 0.717) is 5.75 Å². The molecule has 0 heterocycles. The van der Waals surface area contributed by atoms with Crippen LogP contribution < -0.4 is 4.74 Å². The lowest BCUT2D eigenvalue weighted by molar-refractivity contribution is 0.197. The Morgan fingerprint density at radius 1 is 1.11 bits per heavy atom. The molecule has 1 rings (SSSR count). The molecule has 0 aliphatic heterocycles. The quantitative estimate of drug-likeness (QED) is 0.538. The number of unbranched alkanes of at least 4 members (excludes halogenated alkanes) is 4. The van der Waals surface area contributed by atoms with Crippen molar-refractivity contribution in [3.05, 3.63) is 18.2 Å². The van der Waals surface area contributed by atoms with E-state index < -0.39 is 0 Å². The molecule has 0 fully saturated rings. The molecule has 1 aromatic carbocycles. The fourth-order valence-electron chi connectivity index (χ4n) is 1.92. The molecule has 0 spiro atoms. The molecule has 0 saturated heterocycles. The van der Waals surface area contributed by atoms with Crippen molar-refractivity contribution in [2.75, 3.05) is 0 Å². The fourth-order valence-corrected chi connectivity index (χ4v) is 1.92. The van der Waals surface area contributed by atoms with Gasteiger partial charge in [-0.3, -0.25) is 0 Å². The Morgan fingerprint density at radius 3 is 2.56 bits per heavy atom. The van der Waals surface area contributed by atoms with E-state index in [-0.39, 0.29) is 17.6 Å². The SMILES string of the molecule is CCCCCCCC(C)Oc1cccc(O)c1O. The van der Waals surface area contributed by atoms with Crippen LogP contribution in [-0.2, 0) is 0 Å². The third-order valence-electron chi connectivity index (χ3n) is 3.02. The molecule has 3 heteroatoms. The van der Waals surface area contributed by atoms with Gasteiger partial charge in [0, 0.05) is 0 Å². The summed E-state index contributed by atoms with van der Waals surface area (Å²) in [5.41, 5.74) is 0. The van der Waals surface area contributed by atoms with Crippen molar-refractivity contribution in [3.63, 3.8) is 0 Å². The van der Waals surface area contributed by atoms with E-state index in [0.717, 1.165) is 12.8 Å². The molecule has 0 aliphatic carbocycles. The first-order valence-electron chi connectivity index (χ1n) is 6.82. The van der Waals surface area contributed by atoms with Crippen LogP contribution in [0.5, 0.6) is 17.2 Å². The summed E-state index contributed by atoms with van der Waals surface area (Å²) in [7, 11) is 0. The molecule has 18 heavy (non-hydrogen) atoms. The number of para-hydroxylation sites is 1. The van der Waals surface area contributed by atoms with Gasteiger partial charge in [-0.25, -0.2) is 0 Å². The second-order valence-corrected chi connectivity index (χ2v) is 4.76. The highest BCUT2D eigenvalue weighted by molar-refractivity contribution is 5.48. The highest BCUT2D eigenvalue weighted by Crippen LogP contribution is 2.35. The summed E-state index contributed by atoms with van der Waals surface area (Å²) in [5.74, 6) is 0.0500. The van der Waals surface area contributed by atoms with Crippen molar-refractivity contribution in [2.24, 2.45) is 0 Å². The lowest BCUT2D eigenvalue weighted by Crippen LogP contribution is -2.11. The Hall–Kier alpha value is -1.38. The third-order valence-corrected chi connectivity index (χ3v) is 3.02. The normalized spacial score (nSPS) is 12.3. The summed E-state index contributed by atoms with van der Waals surface area (Å²) in [5, 5.41) is 19.0.